The molecule has 0 saturated carbocycles. The number of fused-ring (bicyclic) bond motifs is 1. The minimum Gasteiger partial charge on any atom is -0.361 e. The van der Waals surface area contributed by atoms with Gasteiger partial charge in [-0.2, -0.15) is 0 Å². The van der Waals surface area contributed by atoms with Crippen LogP contribution >= 0.6 is 12.6 Å². The summed E-state index contributed by atoms with van der Waals surface area (Å²) in [6, 6.07) is 1.15. The van der Waals surface area contributed by atoms with E-state index in [1.54, 1.807) is 6.33 Å². The lowest BCUT2D eigenvalue weighted by molar-refractivity contribution is -0.139. The Morgan fingerprint density at radius 2 is 1.85 bits per heavy atom. The predicted molar refractivity (Wildman–Crippen MR) is 114 cm³/mol. The van der Waals surface area contributed by atoms with Gasteiger partial charge in [0.1, 0.15) is 23.7 Å². The molecule has 0 aliphatic rings. The van der Waals surface area contributed by atoms with E-state index in [0.717, 1.165) is 42.1 Å². The normalized spacial score (nSPS) is 12.4. The molecule has 0 N–H and O–H groups in total. The second-order valence-electron chi connectivity index (χ2n) is 7.75. The van der Waals surface area contributed by atoms with Crippen molar-refractivity contribution < 1.29 is 14.2 Å². The molecular weight excluding hydrogens is 378 g/mol. The molecule has 2 aromatic heterocycles. The summed E-state index contributed by atoms with van der Waals surface area (Å²) in [5.41, 5.74) is 2.01. The third-order valence-corrected chi connectivity index (χ3v) is 6.34. The fraction of sp³-hybridized carbons (Fsp3) is 0.684. The summed E-state index contributed by atoms with van der Waals surface area (Å²) in [5.74, 6) is 0. The van der Waals surface area contributed by atoms with E-state index in [9.17, 15) is 0 Å². The Kier molecular flexibility index (Phi) is 8.75. The highest BCUT2D eigenvalue weighted by Gasteiger charge is 2.17. The van der Waals surface area contributed by atoms with E-state index in [0.29, 0.717) is 25.0 Å². The number of aromatic nitrogens is 3. The van der Waals surface area contributed by atoms with Crippen LogP contribution in [0.2, 0.25) is 25.7 Å². The van der Waals surface area contributed by atoms with E-state index < -0.39 is 8.07 Å². The summed E-state index contributed by atoms with van der Waals surface area (Å²) in [5, 5.41) is 1.68. The number of ether oxygens (including phenoxy) is 3. The molecular formula is C19H33N3O3SSi. The Morgan fingerprint density at radius 3 is 2.48 bits per heavy atom. The Bertz CT molecular complexity index is 712. The van der Waals surface area contributed by atoms with Crippen LogP contribution in [0.15, 0.2) is 17.6 Å². The highest BCUT2D eigenvalue weighted by Crippen LogP contribution is 2.26. The molecule has 6 nitrogen and oxygen atoms in total. The highest BCUT2D eigenvalue weighted by atomic mass is 32.1. The molecule has 0 saturated heterocycles. The van der Waals surface area contributed by atoms with Crippen LogP contribution in [0.4, 0.5) is 0 Å². The van der Waals surface area contributed by atoms with Gasteiger partial charge in [-0.05, 0) is 31.9 Å². The van der Waals surface area contributed by atoms with Gasteiger partial charge in [0.25, 0.3) is 0 Å². The zero-order valence-corrected chi connectivity index (χ0v) is 19.1. The van der Waals surface area contributed by atoms with Gasteiger partial charge in [-0.25, -0.2) is 9.97 Å². The second-order valence-corrected chi connectivity index (χ2v) is 13.8. The molecule has 0 aliphatic heterocycles. The molecule has 2 aromatic rings. The Hall–Kier alpha value is -0.933. The quantitative estimate of drug-likeness (QED) is 0.185. The third kappa shape index (κ3) is 6.87. The van der Waals surface area contributed by atoms with Crippen molar-refractivity contribution in [2.75, 3.05) is 19.8 Å². The van der Waals surface area contributed by atoms with Crippen molar-refractivity contribution in [3.05, 3.63) is 18.1 Å². The lowest BCUT2D eigenvalue weighted by Gasteiger charge is -2.16. The number of rotatable bonds is 12. The molecule has 27 heavy (non-hydrogen) atoms. The monoisotopic (exact) mass is 411 g/mol. The molecule has 0 radical (unpaired) electrons. The van der Waals surface area contributed by atoms with E-state index in [4.69, 9.17) is 14.2 Å². The van der Waals surface area contributed by atoms with Crippen molar-refractivity contribution in [3.63, 3.8) is 0 Å². The number of nitrogens with zero attached hydrogens (tertiary/aromatic N) is 3. The van der Waals surface area contributed by atoms with Gasteiger partial charge in [0.15, 0.2) is 6.29 Å². The van der Waals surface area contributed by atoms with Crippen LogP contribution in [0.5, 0.6) is 0 Å². The zero-order valence-electron chi connectivity index (χ0n) is 17.2. The van der Waals surface area contributed by atoms with Crippen LogP contribution in [0, 0.1) is 0 Å². The smallest absolute Gasteiger partial charge is 0.157 e. The lowest BCUT2D eigenvalue weighted by atomic mass is 10.1. The SMILES string of the molecule is CCOC(CCc1cn(COCC[Si](C)(C)C)c2ncnc(S)c12)OCC. The van der Waals surface area contributed by atoms with Crippen LogP contribution in [-0.2, 0) is 27.4 Å². The van der Waals surface area contributed by atoms with E-state index in [1.165, 1.54) is 0 Å². The van der Waals surface area contributed by atoms with Gasteiger partial charge in [0.2, 0.25) is 0 Å². The number of hydrogen-bond donors (Lipinski definition) is 1. The largest absolute Gasteiger partial charge is 0.361 e. The van der Waals surface area contributed by atoms with Gasteiger partial charge in [0.05, 0.1) is 5.39 Å². The molecule has 0 unspecified atom stereocenters. The molecule has 0 aliphatic carbocycles. The molecule has 8 heteroatoms. The minimum absolute atomic E-state index is 0.195. The summed E-state index contributed by atoms with van der Waals surface area (Å²) in [7, 11) is -1.09. The number of thiol groups is 1. The molecule has 2 rings (SSSR count). The Morgan fingerprint density at radius 1 is 1.15 bits per heavy atom. The average Bonchev–Trinajstić information content (AvgIpc) is 2.95. The Balaban J connectivity index is 2.11. The van der Waals surface area contributed by atoms with E-state index in [2.05, 4.69) is 48.4 Å². The van der Waals surface area contributed by atoms with Crippen LogP contribution < -0.4 is 0 Å². The maximum Gasteiger partial charge on any atom is 0.157 e. The topological polar surface area (TPSA) is 58.4 Å². The molecule has 2 heterocycles. The van der Waals surface area contributed by atoms with E-state index in [-0.39, 0.29) is 6.29 Å². The van der Waals surface area contributed by atoms with Crippen molar-refractivity contribution >= 4 is 31.7 Å². The number of hydrogen-bond acceptors (Lipinski definition) is 6. The fourth-order valence-corrected chi connectivity index (χ4v) is 3.93. The first kappa shape index (κ1) is 22.4. The Labute approximate surface area is 169 Å². The van der Waals surface area contributed by atoms with Gasteiger partial charge >= 0.3 is 0 Å². The van der Waals surface area contributed by atoms with Gasteiger partial charge < -0.3 is 18.8 Å². The van der Waals surface area contributed by atoms with Gasteiger partial charge in [-0.3, -0.25) is 0 Å². The molecule has 0 aromatic carbocycles. The molecule has 0 fully saturated rings. The summed E-state index contributed by atoms with van der Waals surface area (Å²) in [4.78, 5) is 8.71. The molecule has 152 valence electrons. The summed E-state index contributed by atoms with van der Waals surface area (Å²) < 4.78 is 19.3. The summed E-state index contributed by atoms with van der Waals surface area (Å²) in [6.45, 7) is 13.6. The number of aryl methyl sites for hydroxylation is 1. The standard InChI is InChI=1S/C19H33N3O3SSi/c1-6-24-16(25-7-2)9-8-15-12-22(14-23-10-11-27(3,4)5)18-17(15)19(26)21-13-20-18/h12-13,16H,6-11,14H2,1-5H3,(H,20,21,26). The maximum absolute atomic E-state index is 5.92. The molecule has 0 atom stereocenters. The van der Waals surface area contributed by atoms with E-state index in [1.807, 2.05) is 18.4 Å². The van der Waals surface area contributed by atoms with Crippen molar-refractivity contribution in [2.24, 2.45) is 0 Å². The lowest BCUT2D eigenvalue weighted by Crippen LogP contribution is -2.22. The molecule has 0 bridgehead atoms. The zero-order chi connectivity index (χ0) is 19.9. The minimum atomic E-state index is -1.09. The second kappa shape index (κ2) is 10.6. The van der Waals surface area contributed by atoms with Gasteiger partial charge in [-0.1, -0.05) is 19.6 Å². The van der Waals surface area contributed by atoms with E-state index >= 15 is 0 Å². The summed E-state index contributed by atoms with van der Waals surface area (Å²) in [6.07, 6.45) is 5.04. The fourth-order valence-electron chi connectivity index (χ4n) is 2.88. The molecule has 0 amide bonds. The first-order chi connectivity index (χ1) is 12.9. The van der Waals surface area contributed by atoms with Crippen LogP contribution in [0.25, 0.3) is 11.0 Å². The van der Waals surface area contributed by atoms with Crippen molar-refractivity contribution in [1.82, 2.24) is 14.5 Å². The average molecular weight is 412 g/mol. The van der Waals surface area contributed by atoms with Crippen molar-refractivity contribution in [3.8, 4) is 0 Å². The van der Waals surface area contributed by atoms with Crippen molar-refractivity contribution in [1.29, 1.82) is 0 Å². The van der Waals surface area contributed by atoms with Crippen LogP contribution in [0.1, 0.15) is 25.8 Å². The van der Waals surface area contributed by atoms with Crippen LogP contribution in [0.3, 0.4) is 0 Å². The molecule has 0 spiro atoms. The highest BCUT2D eigenvalue weighted by molar-refractivity contribution is 7.80. The maximum atomic E-state index is 5.92. The first-order valence-electron chi connectivity index (χ1n) is 9.68. The van der Waals surface area contributed by atoms with Gasteiger partial charge in [0, 0.05) is 40.5 Å². The van der Waals surface area contributed by atoms with Crippen molar-refractivity contribution in [2.45, 2.75) is 70.4 Å². The van der Waals surface area contributed by atoms with Gasteiger partial charge in [-0.15, -0.1) is 12.6 Å². The van der Waals surface area contributed by atoms with Crippen LogP contribution in [-0.4, -0.2) is 48.7 Å². The first-order valence-corrected chi connectivity index (χ1v) is 13.8. The summed E-state index contributed by atoms with van der Waals surface area (Å²) >= 11 is 4.55. The predicted octanol–water partition coefficient (Wildman–Crippen LogP) is 4.36. The third-order valence-electron chi connectivity index (χ3n) is 4.29.